The molecular formula is C45H59Cl2FN8O6. The van der Waals surface area contributed by atoms with Crippen LogP contribution in [0.2, 0.25) is 10.0 Å². The van der Waals surface area contributed by atoms with Crippen molar-refractivity contribution < 1.29 is 33.0 Å². The maximum Gasteiger partial charge on any atom is 0.410 e. The highest BCUT2D eigenvalue weighted by atomic mass is 35.5. The van der Waals surface area contributed by atoms with Crippen LogP contribution in [0, 0.1) is 5.82 Å². The molecule has 336 valence electrons. The van der Waals surface area contributed by atoms with E-state index in [-0.39, 0.29) is 36.0 Å². The predicted octanol–water partition coefficient (Wildman–Crippen LogP) is 6.75. The number of nitrogens with one attached hydrogen (secondary N) is 2. The van der Waals surface area contributed by atoms with Gasteiger partial charge in [-0.15, -0.1) is 0 Å². The van der Waals surface area contributed by atoms with Gasteiger partial charge in [0.15, 0.2) is 5.66 Å². The number of aromatic nitrogens is 2. The summed E-state index contributed by atoms with van der Waals surface area (Å²) in [5.74, 6) is -0.415. The van der Waals surface area contributed by atoms with Crippen LogP contribution in [0.4, 0.5) is 9.18 Å². The van der Waals surface area contributed by atoms with Gasteiger partial charge < -0.3 is 44.1 Å². The SMILES string of the molecule is COC[C@@](N)(NC(=O)[C@H](C)NCc1c(F)cc(Cl)cc1Oc1ccc(-c2cnc(CN(C)C)n2C)cc1)C(=O)N(C)[C@@]1(Cc2ccc(Cl)cc2)CCCN(C(=O)OC(C)(C)C)C1. The van der Waals surface area contributed by atoms with Crippen LogP contribution in [-0.2, 0) is 45.6 Å². The third kappa shape index (κ3) is 12.0. The summed E-state index contributed by atoms with van der Waals surface area (Å²) in [6.07, 6.45) is 2.76. The minimum absolute atomic E-state index is 0.126. The van der Waals surface area contributed by atoms with Gasteiger partial charge in [0.1, 0.15) is 28.7 Å². The summed E-state index contributed by atoms with van der Waals surface area (Å²) in [4.78, 5) is 51.6. The zero-order valence-electron chi connectivity index (χ0n) is 37.0. The number of piperidine rings is 1. The van der Waals surface area contributed by atoms with Gasteiger partial charge in [-0.05, 0) is 115 Å². The second-order valence-electron chi connectivity index (χ2n) is 17.2. The van der Waals surface area contributed by atoms with Gasteiger partial charge in [0.2, 0.25) is 5.91 Å². The first-order chi connectivity index (χ1) is 29.1. The maximum absolute atomic E-state index is 15.6. The minimum Gasteiger partial charge on any atom is -0.457 e. The maximum atomic E-state index is 15.6. The fourth-order valence-electron chi connectivity index (χ4n) is 7.49. The van der Waals surface area contributed by atoms with Crippen molar-refractivity contribution in [1.29, 1.82) is 0 Å². The van der Waals surface area contributed by atoms with Gasteiger partial charge in [0.25, 0.3) is 5.91 Å². The summed E-state index contributed by atoms with van der Waals surface area (Å²) >= 11 is 12.5. The summed E-state index contributed by atoms with van der Waals surface area (Å²) in [7, 11) is 8.91. The topological polar surface area (TPSA) is 157 Å². The Morgan fingerprint density at radius 3 is 2.34 bits per heavy atom. The quantitative estimate of drug-likeness (QED) is 0.103. The van der Waals surface area contributed by atoms with E-state index in [2.05, 4.69) is 15.6 Å². The lowest BCUT2D eigenvalue weighted by atomic mass is 9.81. The number of hydrogen-bond donors (Lipinski definition) is 3. The smallest absolute Gasteiger partial charge is 0.410 e. The Bertz CT molecular complexity index is 2200. The molecule has 0 aliphatic carbocycles. The summed E-state index contributed by atoms with van der Waals surface area (Å²) in [5, 5.41) is 6.42. The van der Waals surface area contributed by atoms with E-state index in [1.165, 1.54) is 24.1 Å². The van der Waals surface area contributed by atoms with Crippen molar-refractivity contribution in [2.75, 3.05) is 47.9 Å². The molecule has 2 heterocycles. The highest BCUT2D eigenvalue weighted by Gasteiger charge is 2.49. The number of likely N-dealkylation sites (tertiary alicyclic amines) is 1. The van der Waals surface area contributed by atoms with Crippen LogP contribution in [0.25, 0.3) is 11.3 Å². The standard InChI is InChI=1S/C45H59Cl2FN8O6/c1-29(50-24-35-36(48)21-33(47)22-38(35)61-34-17-13-31(14-18-34)37-25-51-39(54(37)7)26-53(5)6)40(57)52-45(49,28-60-9)41(58)55(8)44(23-30-11-15-32(46)16-12-30)19-10-20-56(27-44)42(59)62-43(2,3)4/h11-18,21-22,25,29,50H,10,19-20,23-24,26-28,49H2,1-9H3,(H,52,57)/t29-,44+,45+/m0/s1. The number of amides is 3. The number of carbonyl (C=O) groups is 3. The number of methoxy groups -OCH3 is 1. The Labute approximate surface area is 373 Å². The number of imidazole rings is 1. The first kappa shape index (κ1) is 48.3. The minimum atomic E-state index is -2.03. The largest absolute Gasteiger partial charge is 0.457 e. The van der Waals surface area contributed by atoms with Crippen LogP contribution >= 0.6 is 23.2 Å². The second kappa shape index (κ2) is 20.2. The van der Waals surface area contributed by atoms with E-state index in [0.717, 1.165) is 22.6 Å². The molecule has 0 saturated carbocycles. The molecule has 0 radical (unpaired) electrons. The van der Waals surface area contributed by atoms with Crippen molar-refractivity contribution in [2.45, 2.75) is 82.9 Å². The molecule has 0 bridgehead atoms. The summed E-state index contributed by atoms with van der Waals surface area (Å²) < 4.78 is 34.9. The molecule has 0 spiro atoms. The first-order valence-corrected chi connectivity index (χ1v) is 21.1. The van der Waals surface area contributed by atoms with Crippen LogP contribution < -0.4 is 21.1 Å². The number of rotatable bonds is 16. The molecule has 1 aliphatic heterocycles. The molecule has 3 aromatic carbocycles. The molecule has 5 rings (SSSR count). The Kier molecular flexibility index (Phi) is 15.7. The Balaban J connectivity index is 1.31. The van der Waals surface area contributed by atoms with Crippen molar-refractivity contribution in [3.63, 3.8) is 0 Å². The summed E-state index contributed by atoms with van der Waals surface area (Å²) in [6, 6.07) is 16.3. The van der Waals surface area contributed by atoms with E-state index < -0.39 is 46.6 Å². The highest BCUT2D eigenvalue weighted by Crippen LogP contribution is 2.35. The number of nitrogens with two attached hydrogens (primary N) is 1. The number of hydrogen-bond acceptors (Lipinski definition) is 10. The predicted molar refractivity (Wildman–Crippen MR) is 238 cm³/mol. The van der Waals surface area contributed by atoms with Crippen LogP contribution in [0.15, 0.2) is 66.9 Å². The molecule has 62 heavy (non-hydrogen) atoms. The molecule has 1 aromatic heterocycles. The fraction of sp³-hybridized carbons (Fsp3) is 0.467. The zero-order chi connectivity index (χ0) is 45.6. The summed E-state index contributed by atoms with van der Waals surface area (Å²) in [5.41, 5.74) is 5.92. The van der Waals surface area contributed by atoms with Crippen LogP contribution in [0.3, 0.4) is 0 Å². The van der Waals surface area contributed by atoms with E-state index in [0.29, 0.717) is 43.1 Å². The third-order valence-corrected chi connectivity index (χ3v) is 11.3. The van der Waals surface area contributed by atoms with Crippen molar-refractivity contribution in [2.24, 2.45) is 12.8 Å². The molecule has 0 unspecified atom stereocenters. The van der Waals surface area contributed by atoms with Gasteiger partial charge in [-0.25, -0.2) is 14.2 Å². The van der Waals surface area contributed by atoms with Crippen LogP contribution in [-0.4, -0.2) is 113 Å². The molecule has 1 saturated heterocycles. The number of likely N-dealkylation sites (N-methyl/N-ethyl adjacent to an activating group) is 1. The highest BCUT2D eigenvalue weighted by molar-refractivity contribution is 6.31. The van der Waals surface area contributed by atoms with E-state index in [9.17, 15) is 14.4 Å². The molecule has 4 aromatic rings. The van der Waals surface area contributed by atoms with Crippen LogP contribution in [0.1, 0.15) is 57.5 Å². The van der Waals surface area contributed by atoms with Gasteiger partial charge in [0.05, 0.1) is 36.6 Å². The van der Waals surface area contributed by atoms with E-state index in [1.807, 2.05) is 61.1 Å². The number of ether oxygens (including phenoxy) is 3. The number of carbonyl (C=O) groups excluding carboxylic acids is 3. The van der Waals surface area contributed by atoms with E-state index in [1.54, 1.807) is 63.9 Å². The third-order valence-electron chi connectivity index (χ3n) is 10.8. The fourth-order valence-corrected chi connectivity index (χ4v) is 7.81. The van der Waals surface area contributed by atoms with Crippen molar-refractivity contribution >= 4 is 41.1 Å². The first-order valence-electron chi connectivity index (χ1n) is 20.4. The Morgan fingerprint density at radius 1 is 1.03 bits per heavy atom. The normalized spacial score (nSPS) is 17.0. The van der Waals surface area contributed by atoms with Crippen molar-refractivity contribution in [1.82, 2.24) is 34.9 Å². The summed E-state index contributed by atoms with van der Waals surface area (Å²) in [6.45, 7) is 7.69. The van der Waals surface area contributed by atoms with Gasteiger partial charge in [-0.3, -0.25) is 15.3 Å². The Morgan fingerprint density at radius 2 is 1.71 bits per heavy atom. The second-order valence-corrected chi connectivity index (χ2v) is 18.1. The number of halogens is 3. The molecule has 14 nitrogen and oxygen atoms in total. The molecule has 4 N–H and O–H groups in total. The molecule has 3 amide bonds. The van der Waals surface area contributed by atoms with E-state index in [4.69, 9.17) is 43.1 Å². The molecule has 17 heteroatoms. The average Bonchev–Trinajstić information content (AvgIpc) is 3.55. The van der Waals surface area contributed by atoms with Crippen molar-refractivity contribution in [3.05, 3.63) is 99.7 Å². The molecule has 1 fully saturated rings. The van der Waals surface area contributed by atoms with Gasteiger partial charge in [-0.1, -0.05) is 35.3 Å². The van der Waals surface area contributed by atoms with Crippen LogP contribution in [0.5, 0.6) is 11.5 Å². The van der Waals surface area contributed by atoms with E-state index >= 15 is 4.39 Å². The molecule has 1 aliphatic rings. The lowest BCUT2D eigenvalue weighted by molar-refractivity contribution is -0.150. The van der Waals surface area contributed by atoms with Gasteiger partial charge >= 0.3 is 6.09 Å². The number of nitrogens with zero attached hydrogens (tertiary/aromatic N) is 5. The van der Waals surface area contributed by atoms with Gasteiger partial charge in [-0.2, -0.15) is 0 Å². The molecular weight excluding hydrogens is 838 g/mol. The van der Waals surface area contributed by atoms with Gasteiger partial charge in [0, 0.05) is 62.0 Å². The lowest BCUT2D eigenvalue weighted by Gasteiger charge is -2.50. The molecule has 3 atom stereocenters. The van der Waals surface area contributed by atoms with Crippen molar-refractivity contribution in [3.8, 4) is 22.8 Å². The lowest BCUT2D eigenvalue weighted by Crippen LogP contribution is -2.73. The monoisotopic (exact) mass is 896 g/mol. The average molecular weight is 898 g/mol. The zero-order valence-corrected chi connectivity index (χ0v) is 38.5. The number of benzene rings is 3. The Hall–Kier alpha value is -4.77.